The van der Waals surface area contributed by atoms with Gasteiger partial charge in [0.2, 0.25) is 0 Å². The SMILES string of the molecule is CSC1CCCC1NC(C)CC1CCCN1C(=O)OC(C)(C)C. The number of hydrogen-bond donors (Lipinski definition) is 1. The average Bonchev–Trinajstić information content (AvgIpc) is 3.05. The molecule has 1 amide bonds. The van der Waals surface area contributed by atoms with E-state index in [0.717, 1.165) is 31.1 Å². The highest BCUT2D eigenvalue weighted by molar-refractivity contribution is 7.99. The minimum atomic E-state index is -0.413. The normalized spacial score (nSPS) is 29.8. The van der Waals surface area contributed by atoms with Crippen molar-refractivity contribution in [3.63, 3.8) is 0 Å². The van der Waals surface area contributed by atoms with Crippen molar-refractivity contribution in [2.45, 2.75) is 95.2 Å². The van der Waals surface area contributed by atoms with Crippen LogP contribution in [0.5, 0.6) is 0 Å². The van der Waals surface area contributed by atoms with E-state index in [0.29, 0.717) is 18.1 Å². The van der Waals surface area contributed by atoms with Gasteiger partial charge in [-0.25, -0.2) is 4.79 Å². The predicted octanol–water partition coefficient (Wildman–Crippen LogP) is 4.04. The second-order valence-corrected chi connectivity index (χ2v) is 9.16. The van der Waals surface area contributed by atoms with Crippen LogP contribution < -0.4 is 5.32 Å². The molecular formula is C18H34N2O2S. The minimum absolute atomic E-state index is 0.143. The molecule has 134 valence electrons. The third-order valence-electron chi connectivity index (χ3n) is 4.88. The Morgan fingerprint density at radius 3 is 2.70 bits per heavy atom. The molecule has 1 heterocycles. The number of carbonyl (C=O) groups is 1. The second kappa shape index (κ2) is 8.11. The number of nitrogens with one attached hydrogen (secondary N) is 1. The fourth-order valence-corrected chi connectivity index (χ4v) is 4.83. The molecule has 1 aliphatic carbocycles. The first kappa shape index (κ1) is 18.9. The van der Waals surface area contributed by atoms with Crippen molar-refractivity contribution in [2.24, 2.45) is 0 Å². The molecule has 0 aromatic heterocycles. The molecule has 1 saturated heterocycles. The molecule has 4 nitrogen and oxygen atoms in total. The van der Waals surface area contributed by atoms with Gasteiger partial charge in [-0.3, -0.25) is 0 Å². The van der Waals surface area contributed by atoms with Crippen molar-refractivity contribution in [1.29, 1.82) is 0 Å². The number of likely N-dealkylation sites (tertiary alicyclic amines) is 1. The summed E-state index contributed by atoms with van der Waals surface area (Å²) in [6, 6.07) is 1.40. The van der Waals surface area contributed by atoms with Crippen LogP contribution in [0, 0.1) is 0 Å². The van der Waals surface area contributed by atoms with Crippen molar-refractivity contribution >= 4 is 17.9 Å². The molecule has 23 heavy (non-hydrogen) atoms. The maximum Gasteiger partial charge on any atom is 0.410 e. The third-order valence-corrected chi connectivity index (χ3v) is 6.05. The topological polar surface area (TPSA) is 41.6 Å². The van der Waals surface area contributed by atoms with E-state index in [-0.39, 0.29) is 6.09 Å². The molecule has 1 aliphatic heterocycles. The average molecular weight is 343 g/mol. The Hall–Kier alpha value is -0.420. The molecule has 4 atom stereocenters. The maximum absolute atomic E-state index is 12.4. The van der Waals surface area contributed by atoms with E-state index in [1.165, 1.54) is 19.3 Å². The van der Waals surface area contributed by atoms with Gasteiger partial charge >= 0.3 is 6.09 Å². The first-order valence-corrected chi connectivity index (χ1v) is 10.4. The molecule has 0 spiro atoms. The Kier molecular flexibility index (Phi) is 6.66. The zero-order chi connectivity index (χ0) is 17.0. The standard InChI is InChI=1S/C18H34N2O2S/c1-13(19-15-9-6-10-16(15)23-5)12-14-8-7-11-20(14)17(21)22-18(2,3)4/h13-16,19H,6-12H2,1-5H3. The van der Waals surface area contributed by atoms with Crippen molar-refractivity contribution in [3.05, 3.63) is 0 Å². The summed E-state index contributed by atoms with van der Waals surface area (Å²) in [4.78, 5) is 14.3. The van der Waals surface area contributed by atoms with Gasteiger partial charge < -0.3 is 15.0 Å². The fraction of sp³-hybridized carbons (Fsp3) is 0.944. The summed E-state index contributed by atoms with van der Waals surface area (Å²) in [5, 5.41) is 4.57. The lowest BCUT2D eigenvalue weighted by Crippen LogP contribution is -2.45. The summed E-state index contributed by atoms with van der Waals surface area (Å²) < 4.78 is 5.56. The highest BCUT2D eigenvalue weighted by Gasteiger charge is 2.34. The van der Waals surface area contributed by atoms with Crippen molar-refractivity contribution in [2.75, 3.05) is 12.8 Å². The van der Waals surface area contributed by atoms with Gasteiger partial charge in [0, 0.05) is 29.9 Å². The van der Waals surface area contributed by atoms with Gasteiger partial charge in [0.25, 0.3) is 0 Å². The first-order valence-electron chi connectivity index (χ1n) is 9.08. The first-order chi connectivity index (χ1) is 10.8. The van der Waals surface area contributed by atoms with Crippen LogP contribution in [0.15, 0.2) is 0 Å². The van der Waals surface area contributed by atoms with Crippen LogP contribution in [0.1, 0.15) is 66.2 Å². The molecule has 0 bridgehead atoms. The minimum Gasteiger partial charge on any atom is -0.444 e. The molecule has 2 fully saturated rings. The highest BCUT2D eigenvalue weighted by Crippen LogP contribution is 2.30. The van der Waals surface area contributed by atoms with E-state index >= 15 is 0 Å². The quantitative estimate of drug-likeness (QED) is 0.819. The van der Waals surface area contributed by atoms with Crippen LogP contribution in [-0.4, -0.2) is 52.8 Å². The number of nitrogens with zero attached hydrogens (tertiary/aromatic N) is 1. The summed E-state index contributed by atoms with van der Waals surface area (Å²) in [7, 11) is 0. The van der Waals surface area contributed by atoms with E-state index < -0.39 is 5.60 Å². The monoisotopic (exact) mass is 342 g/mol. The van der Waals surface area contributed by atoms with Crippen LogP contribution in [0.4, 0.5) is 4.79 Å². The Morgan fingerprint density at radius 2 is 2.04 bits per heavy atom. The fourth-order valence-electron chi connectivity index (χ4n) is 3.88. The largest absolute Gasteiger partial charge is 0.444 e. The van der Waals surface area contributed by atoms with Crippen LogP contribution in [0.2, 0.25) is 0 Å². The Bertz CT molecular complexity index is 397. The molecule has 2 rings (SSSR count). The Labute approximate surface area is 146 Å². The molecule has 1 N–H and O–H groups in total. The molecule has 0 aromatic rings. The maximum atomic E-state index is 12.4. The zero-order valence-electron chi connectivity index (χ0n) is 15.4. The van der Waals surface area contributed by atoms with Gasteiger partial charge in [-0.05, 0) is 66.1 Å². The van der Waals surface area contributed by atoms with Gasteiger partial charge in [-0.1, -0.05) is 6.42 Å². The van der Waals surface area contributed by atoms with E-state index in [9.17, 15) is 4.79 Å². The van der Waals surface area contributed by atoms with Crippen molar-refractivity contribution < 1.29 is 9.53 Å². The number of hydrogen-bond acceptors (Lipinski definition) is 4. The predicted molar refractivity (Wildman–Crippen MR) is 98.1 cm³/mol. The Balaban J connectivity index is 1.84. The molecule has 5 heteroatoms. The van der Waals surface area contributed by atoms with Crippen molar-refractivity contribution in [3.8, 4) is 0 Å². The molecule has 2 aliphatic rings. The van der Waals surface area contributed by atoms with E-state index in [1.54, 1.807) is 0 Å². The summed E-state index contributed by atoms with van der Waals surface area (Å²) in [6.45, 7) is 8.90. The smallest absolute Gasteiger partial charge is 0.410 e. The van der Waals surface area contributed by atoms with Gasteiger partial charge in [-0.2, -0.15) is 11.8 Å². The third kappa shape index (κ3) is 5.56. The molecule has 0 radical (unpaired) electrons. The van der Waals surface area contributed by atoms with E-state index in [4.69, 9.17) is 4.74 Å². The molecule has 1 saturated carbocycles. The molecule has 4 unspecified atom stereocenters. The lowest BCUT2D eigenvalue weighted by Gasteiger charge is -2.31. The van der Waals surface area contributed by atoms with Crippen LogP contribution in [0.25, 0.3) is 0 Å². The lowest BCUT2D eigenvalue weighted by molar-refractivity contribution is 0.0214. The number of carbonyl (C=O) groups excluding carboxylic acids is 1. The summed E-state index contributed by atoms with van der Waals surface area (Å²) in [5.74, 6) is 0. The van der Waals surface area contributed by atoms with Gasteiger partial charge in [0.15, 0.2) is 0 Å². The summed E-state index contributed by atoms with van der Waals surface area (Å²) >= 11 is 1.99. The lowest BCUT2D eigenvalue weighted by atomic mass is 10.0. The van der Waals surface area contributed by atoms with Crippen molar-refractivity contribution in [1.82, 2.24) is 10.2 Å². The number of ether oxygens (including phenoxy) is 1. The highest BCUT2D eigenvalue weighted by atomic mass is 32.2. The van der Waals surface area contributed by atoms with E-state index in [1.807, 2.05) is 37.4 Å². The van der Waals surface area contributed by atoms with Gasteiger partial charge in [0.05, 0.1) is 0 Å². The summed E-state index contributed by atoms with van der Waals surface area (Å²) in [5.41, 5.74) is -0.413. The number of thioether (sulfide) groups is 1. The molecular weight excluding hydrogens is 308 g/mol. The number of amides is 1. The van der Waals surface area contributed by atoms with Gasteiger partial charge in [0.1, 0.15) is 5.60 Å². The number of rotatable bonds is 5. The molecule has 0 aromatic carbocycles. The Morgan fingerprint density at radius 1 is 1.30 bits per heavy atom. The zero-order valence-corrected chi connectivity index (χ0v) is 16.2. The van der Waals surface area contributed by atoms with Crippen LogP contribution in [0.3, 0.4) is 0 Å². The van der Waals surface area contributed by atoms with Gasteiger partial charge in [-0.15, -0.1) is 0 Å². The summed E-state index contributed by atoms with van der Waals surface area (Å²) in [6.07, 6.45) is 9.25. The van der Waals surface area contributed by atoms with Crippen LogP contribution >= 0.6 is 11.8 Å². The van der Waals surface area contributed by atoms with Crippen LogP contribution in [-0.2, 0) is 4.74 Å². The second-order valence-electron chi connectivity index (χ2n) is 8.08. The van der Waals surface area contributed by atoms with E-state index in [2.05, 4.69) is 18.5 Å².